The second-order valence-electron chi connectivity index (χ2n) is 4.86. The molecule has 0 spiro atoms. The molecule has 2 rings (SSSR count). The first kappa shape index (κ1) is 13.7. The Morgan fingerprint density at radius 2 is 2.00 bits per heavy atom. The number of para-hydroxylation sites is 1. The number of nitrogens with zero attached hydrogens (tertiary/aromatic N) is 1. The van der Waals surface area contributed by atoms with E-state index in [9.17, 15) is 9.59 Å². The third kappa shape index (κ3) is 2.68. The SMILES string of the molecule is CCCNCCCN1C(=O)C(=O)c2cccc(C)c21. The van der Waals surface area contributed by atoms with Gasteiger partial charge in [-0.3, -0.25) is 9.59 Å². The van der Waals surface area contributed by atoms with Crippen LogP contribution in [0.25, 0.3) is 0 Å². The normalized spacial score (nSPS) is 14.1. The molecule has 1 aromatic rings. The van der Waals surface area contributed by atoms with Crippen LogP contribution in [-0.4, -0.2) is 31.3 Å². The maximum atomic E-state index is 12.0. The lowest BCUT2D eigenvalue weighted by atomic mass is 10.1. The molecule has 0 radical (unpaired) electrons. The van der Waals surface area contributed by atoms with Crippen molar-refractivity contribution in [2.24, 2.45) is 0 Å². The van der Waals surface area contributed by atoms with Crippen LogP contribution in [0.15, 0.2) is 18.2 Å². The summed E-state index contributed by atoms with van der Waals surface area (Å²) in [5.74, 6) is -0.764. The smallest absolute Gasteiger partial charge is 0.299 e. The van der Waals surface area contributed by atoms with Crippen LogP contribution < -0.4 is 10.2 Å². The lowest BCUT2D eigenvalue weighted by Gasteiger charge is -2.18. The molecule has 0 bridgehead atoms. The number of anilines is 1. The number of fused-ring (bicyclic) bond motifs is 1. The lowest BCUT2D eigenvalue weighted by molar-refractivity contribution is -0.114. The van der Waals surface area contributed by atoms with E-state index in [2.05, 4.69) is 12.2 Å². The number of carbonyl (C=O) groups excluding carboxylic acids is 2. The van der Waals surface area contributed by atoms with Crippen LogP contribution in [0.4, 0.5) is 5.69 Å². The number of amides is 1. The molecule has 0 aromatic heterocycles. The summed E-state index contributed by atoms with van der Waals surface area (Å²) in [7, 11) is 0. The van der Waals surface area contributed by atoms with Crippen molar-refractivity contribution in [1.82, 2.24) is 5.32 Å². The number of hydrogen-bond donors (Lipinski definition) is 1. The number of hydrogen-bond acceptors (Lipinski definition) is 3. The second-order valence-corrected chi connectivity index (χ2v) is 4.86. The summed E-state index contributed by atoms with van der Waals surface area (Å²) < 4.78 is 0. The summed E-state index contributed by atoms with van der Waals surface area (Å²) in [6.07, 6.45) is 1.95. The predicted molar refractivity (Wildman–Crippen MR) is 75.6 cm³/mol. The number of ketones is 1. The van der Waals surface area contributed by atoms with E-state index in [1.807, 2.05) is 19.1 Å². The molecule has 1 N–H and O–H groups in total. The molecule has 0 fully saturated rings. The van der Waals surface area contributed by atoms with Crippen LogP contribution in [-0.2, 0) is 4.79 Å². The average Bonchev–Trinajstić information content (AvgIpc) is 2.65. The van der Waals surface area contributed by atoms with E-state index in [1.54, 1.807) is 11.0 Å². The largest absolute Gasteiger partial charge is 0.317 e. The minimum Gasteiger partial charge on any atom is -0.317 e. The molecule has 1 heterocycles. The third-order valence-corrected chi connectivity index (χ3v) is 3.35. The minimum absolute atomic E-state index is 0.375. The van der Waals surface area contributed by atoms with E-state index < -0.39 is 0 Å². The molecule has 4 nitrogen and oxygen atoms in total. The lowest BCUT2D eigenvalue weighted by Crippen LogP contribution is -2.32. The maximum Gasteiger partial charge on any atom is 0.299 e. The molecular formula is C15H20N2O2. The van der Waals surface area contributed by atoms with Crippen molar-refractivity contribution in [3.05, 3.63) is 29.3 Å². The highest BCUT2D eigenvalue weighted by Crippen LogP contribution is 2.31. The molecule has 4 heteroatoms. The standard InChI is InChI=1S/C15H20N2O2/c1-3-8-16-9-5-10-17-13-11(2)6-4-7-12(13)14(18)15(17)19/h4,6-7,16H,3,5,8-10H2,1-2H3. The highest BCUT2D eigenvalue weighted by Gasteiger charge is 2.36. The Morgan fingerprint density at radius 3 is 2.74 bits per heavy atom. The topological polar surface area (TPSA) is 49.4 Å². The Kier molecular flexibility index (Phi) is 4.32. The molecule has 0 atom stereocenters. The van der Waals surface area contributed by atoms with Gasteiger partial charge in [-0.15, -0.1) is 0 Å². The van der Waals surface area contributed by atoms with E-state index in [1.165, 1.54) is 0 Å². The molecule has 1 aliphatic heterocycles. The van der Waals surface area contributed by atoms with Gasteiger partial charge in [-0.2, -0.15) is 0 Å². The van der Waals surface area contributed by atoms with Crippen molar-refractivity contribution >= 4 is 17.4 Å². The quantitative estimate of drug-likeness (QED) is 0.628. The number of benzene rings is 1. The van der Waals surface area contributed by atoms with Crippen LogP contribution in [0.2, 0.25) is 0 Å². The summed E-state index contributed by atoms with van der Waals surface area (Å²) in [5, 5.41) is 3.30. The van der Waals surface area contributed by atoms with Gasteiger partial charge < -0.3 is 10.2 Å². The zero-order valence-corrected chi connectivity index (χ0v) is 11.5. The van der Waals surface area contributed by atoms with Crippen molar-refractivity contribution in [3.8, 4) is 0 Å². The molecular weight excluding hydrogens is 240 g/mol. The molecule has 0 saturated carbocycles. The highest BCUT2D eigenvalue weighted by atomic mass is 16.2. The minimum atomic E-state index is -0.389. The zero-order valence-electron chi connectivity index (χ0n) is 11.5. The van der Waals surface area contributed by atoms with Crippen LogP contribution in [0.1, 0.15) is 35.7 Å². The first-order valence-corrected chi connectivity index (χ1v) is 6.83. The number of aryl methyl sites for hydroxylation is 1. The Labute approximate surface area is 113 Å². The molecule has 0 unspecified atom stereocenters. The van der Waals surface area contributed by atoms with Gasteiger partial charge in [-0.1, -0.05) is 19.1 Å². The van der Waals surface area contributed by atoms with Crippen LogP contribution >= 0.6 is 0 Å². The van der Waals surface area contributed by atoms with Crippen LogP contribution in [0, 0.1) is 6.92 Å². The van der Waals surface area contributed by atoms with Gasteiger partial charge in [-0.25, -0.2) is 0 Å². The predicted octanol–water partition coefficient (Wildman–Crippen LogP) is 1.91. The van der Waals surface area contributed by atoms with E-state index in [0.717, 1.165) is 37.2 Å². The van der Waals surface area contributed by atoms with Gasteiger partial charge in [0.25, 0.3) is 11.7 Å². The van der Waals surface area contributed by atoms with E-state index >= 15 is 0 Å². The summed E-state index contributed by atoms with van der Waals surface area (Å²) in [6, 6.07) is 5.50. The molecule has 1 aromatic carbocycles. The third-order valence-electron chi connectivity index (χ3n) is 3.35. The number of Topliss-reactive ketones (excluding diaryl/α,β-unsaturated/α-hetero) is 1. The van der Waals surface area contributed by atoms with Gasteiger partial charge >= 0.3 is 0 Å². The Hall–Kier alpha value is -1.68. The first-order valence-electron chi connectivity index (χ1n) is 6.83. The average molecular weight is 260 g/mol. The maximum absolute atomic E-state index is 12.0. The van der Waals surface area contributed by atoms with Gasteiger partial charge in [0.2, 0.25) is 0 Å². The van der Waals surface area contributed by atoms with Crippen LogP contribution in [0.3, 0.4) is 0 Å². The second kappa shape index (κ2) is 5.97. The van der Waals surface area contributed by atoms with Crippen molar-refractivity contribution < 1.29 is 9.59 Å². The molecule has 1 aliphatic rings. The number of carbonyl (C=O) groups is 2. The Morgan fingerprint density at radius 1 is 1.21 bits per heavy atom. The van der Waals surface area contributed by atoms with Gasteiger partial charge in [0.05, 0.1) is 11.3 Å². The molecule has 0 aliphatic carbocycles. The first-order chi connectivity index (χ1) is 9.16. The molecule has 0 saturated heterocycles. The monoisotopic (exact) mass is 260 g/mol. The summed E-state index contributed by atoms with van der Waals surface area (Å²) in [4.78, 5) is 25.5. The van der Waals surface area contributed by atoms with Gasteiger partial charge in [0.1, 0.15) is 0 Å². The molecule has 1 amide bonds. The highest BCUT2D eigenvalue weighted by molar-refractivity contribution is 6.52. The molecule has 19 heavy (non-hydrogen) atoms. The van der Waals surface area contributed by atoms with Crippen molar-refractivity contribution in [2.75, 3.05) is 24.5 Å². The number of rotatable bonds is 6. The summed E-state index contributed by atoms with van der Waals surface area (Å²) in [5.41, 5.74) is 2.33. The van der Waals surface area contributed by atoms with Crippen molar-refractivity contribution in [2.45, 2.75) is 26.7 Å². The van der Waals surface area contributed by atoms with Gasteiger partial charge in [0.15, 0.2) is 0 Å². The summed E-state index contributed by atoms with van der Waals surface area (Å²) >= 11 is 0. The van der Waals surface area contributed by atoms with Crippen LogP contribution in [0.5, 0.6) is 0 Å². The fourth-order valence-corrected chi connectivity index (χ4v) is 2.42. The molecule has 102 valence electrons. The van der Waals surface area contributed by atoms with Gasteiger partial charge in [-0.05, 0) is 44.5 Å². The zero-order chi connectivity index (χ0) is 13.8. The van der Waals surface area contributed by atoms with E-state index in [-0.39, 0.29) is 11.7 Å². The van der Waals surface area contributed by atoms with Crippen molar-refractivity contribution in [3.63, 3.8) is 0 Å². The Bertz CT molecular complexity index is 497. The fourth-order valence-electron chi connectivity index (χ4n) is 2.42. The van der Waals surface area contributed by atoms with E-state index in [0.29, 0.717) is 12.1 Å². The Balaban J connectivity index is 2.06. The van der Waals surface area contributed by atoms with Crippen molar-refractivity contribution in [1.29, 1.82) is 0 Å². The summed E-state index contributed by atoms with van der Waals surface area (Å²) in [6.45, 7) is 6.51. The van der Waals surface area contributed by atoms with E-state index in [4.69, 9.17) is 0 Å². The van der Waals surface area contributed by atoms with Gasteiger partial charge in [0, 0.05) is 6.54 Å². The number of nitrogens with one attached hydrogen (secondary N) is 1. The fraction of sp³-hybridized carbons (Fsp3) is 0.467.